The number of nitrogens with one attached hydrogen (secondary N) is 1. The van der Waals surface area contributed by atoms with Crippen LogP contribution < -0.4 is 5.32 Å². The van der Waals surface area contributed by atoms with Gasteiger partial charge in [-0.3, -0.25) is 4.79 Å². The molecule has 7 nitrogen and oxygen atoms in total. The maximum atomic E-state index is 13.1. The number of imide groups is 1. The molecule has 2 rings (SSSR count). The molecule has 1 heterocycles. The molecular weight excluding hydrogens is 329 g/mol. The van der Waals surface area contributed by atoms with Crippen LogP contribution in [0.15, 0.2) is 24.3 Å². The first-order chi connectivity index (χ1) is 11.6. The van der Waals surface area contributed by atoms with E-state index in [1.54, 1.807) is 27.7 Å². The van der Waals surface area contributed by atoms with Gasteiger partial charge < -0.3 is 15.1 Å². The number of benzene rings is 1. The molecule has 1 saturated heterocycles. The Morgan fingerprint density at radius 1 is 1.28 bits per heavy atom. The van der Waals surface area contributed by atoms with E-state index in [0.29, 0.717) is 10.8 Å². The van der Waals surface area contributed by atoms with Crippen LogP contribution in [0.2, 0.25) is 0 Å². The third-order valence-electron chi connectivity index (χ3n) is 4.62. The molecule has 1 aromatic rings. The Hall–Kier alpha value is -2.64. The molecule has 0 spiro atoms. The molecule has 0 saturated carbocycles. The lowest BCUT2D eigenvalue weighted by molar-refractivity contribution is -0.188. The maximum absolute atomic E-state index is 13.1. The molecule has 1 fully saturated rings. The summed E-state index contributed by atoms with van der Waals surface area (Å²) < 4.78 is 13.1. The van der Waals surface area contributed by atoms with Crippen LogP contribution in [0.1, 0.15) is 27.7 Å². The van der Waals surface area contributed by atoms with Gasteiger partial charge in [0.2, 0.25) is 0 Å². The topological polar surface area (TPSA) is 79.0 Å². The van der Waals surface area contributed by atoms with E-state index in [-0.39, 0.29) is 5.92 Å². The molecule has 0 aromatic heterocycles. The predicted molar refractivity (Wildman–Crippen MR) is 88.8 cm³/mol. The van der Waals surface area contributed by atoms with E-state index in [2.05, 4.69) is 5.32 Å². The van der Waals surface area contributed by atoms with Gasteiger partial charge in [0.05, 0.1) is 0 Å². The summed E-state index contributed by atoms with van der Waals surface area (Å²) in [5.41, 5.74) is -0.720. The van der Waals surface area contributed by atoms with Crippen LogP contribution in [0.4, 0.5) is 14.9 Å². The highest BCUT2D eigenvalue weighted by Crippen LogP contribution is 2.26. The fourth-order valence-corrected chi connectivity index (χ4v) is 2.26. The summed E-state index contributed by atoms with van der Waals surface area (Å²) in [5, 5.41) is 3.49. The van der Waals surface area contributed by atoms with Crippen molar-refractivity contribution in [3.8, 4) is 0 Å². The quantitative estimate of drug-likeness (QED) is 0.824. The number of amides is 3. The standard InChI is InChI=1S/C17H22FN3O4/c1-10(2)17(4,19-13-8-6-12(18)7-9-13)15(23)25-21-14(22)11(3)20(5)16(21)24/h6-11,19H,1-5H3. The zero-order valence-electron chi connectivity index (χ0n) is 14.9. The molecule has 1 N–H and O–H groups in total. The minimum Gasteiger partial charge on any atom is -0.370 e. The van der Waals surface area contributed by atoms with Crippen LogP contribution in [0.5, 0.6) is 0 Å². The van der Waals surface area contributed by atoms with Crippen molar-refractivity contribution in [3.05, 3.63) is 30.1 Å². The molecule has 0 bridgehead atoms. The third-order valence-corrected chi connectivity index (χ3v) is 4.62. The second-order valence-electron chi connectivity index (χ2n) is 6.57. The first-order valence-electron chi connectivity index (χ1n) is 7.95. The van der Waals surface area contributed by atoms with Crippen LogP contribution in [-0.4, -0.2) is 46.5 Å². The Morgan fingerprint density at radius 2 is 1.84 bits per heavy atom. The average Bonchev–Trinajstić information content (AvgIpc) is 2.74. The molecule has 2 unspecified atom stereocenters. The first-order valence-corrected chi connectivity index (χ1v) is 7.95. The smallest absolute Gasteiger partial charge is 0.361 e. The second kappa shape index (κ2) is 6.70. The zero-order chi connectivity index (χ0) is 18.9. The third kappa shape index (κ3) is 3.42. The van der Waals surface area contributed by atoms with Crippen LogP contribution in [0.25, 0.3) is 0 Å². The molecule has 25 heavy (non-hydrogen) atoms. The largest absolute Gasteiger partial charge is 0.370 e. The molecule has 2 atom stereocenters. The Balaban J connectivity index is 2.21. The highest BCUT2D eigenvalue weighted by atomic mass is 19.1. The van der Waals surface area contributed by atoms with E-state index >= 15 is 0 Å². The molecule has 0 radical (unpaired) electrons. The van der Waals surface area contributed by atoms with Gasteiger partial charge in [0.1, 0.15) is 17.4 Å². The van der Waals surface area contributed by atoms with Gasteiger partial charge in [-0.15, -0.1) is 0 Å². The fraction of sp³-hybridized carbons (Fsp3) is 0.471. The van der Waals surface area contributed by atoms with Gasteiger partial charge >= 0.3 is 12.0 Å². The predicted octanol–water partition coefficient (Wildman–Crippen LogP) is 2.39. The summed E-state index contributed by atoms with van der Waals surface area (Å²) >= 11 is 0. The zero-order valence-corrected chi connectivity index (χ0v) is 14.9. The molecular formula is C17H22FN3O4. The van der Waals surface area contributed by atoms with Crippen molar-refractivity contribution in [1.29, 1.82) is 0 Å². The van der Waals surface area contributed by atoms with Crippen molar-refractivity contribution < 1.29 is 23.6 Å². The van der Waals surface area contributed by atoms with E-state index in [1.165, 1.54) is 36.2 Å². The number of anilines is 1. The highest BCUT2D eigenvalue weighted by Gasteiger charge is 2.47. The van der Waals surface area contributed by atoms with Crippen molar-refractivity contribution in [2.24, 2.45) is 5.92 Å². The van der Waals surface area contributed by atoms with Gasteiger partial charge in [-0.25, -0.2) is 14.0 Å². The number of halogens is 1. The monoisotopic (exact) mass is 351 g/mol. The number of carbonyl (C=O) groups excluding carboxylic acids is 3. The highest BCUT2D eigenvalue weighted by molar-refractivity contribution is 6.04. The Kier molecular flexibility index (Phi) is 5.01. The van der Waals surface area contributed by atoms with Crippen molar-refractivity contribution in [1.82, 2.24) is 9.96 Å². The molecule has 3 amide bonds. The molecule has 1 aromatic carbocycles. The molecule has 1 aliphatic heterocycles. The van der Waals surface area contributed by atoms with Gasteiger partial charge in [-0.2, -0.15) is 0 Å². The molecule has 136 valence electrons. The fourth-order valence-electron chi connectivity index (χ4n) is 2.26. The van der Waals surface area contributed by atoms with E-state index in [9.17, 15) is 18.8 Å². The van der Waals surface area contributed by atoms with E-state index in [0.717, 1.165) is 0 Å². The van der Waals surface area contributed by atoms with Crippen LogP contribution >= 0.6 is 0 Å². The number of hydrogen-bond donors (Lipinski definition) is 1. The van der Waals surface area contributed by atoms with Crippen molar-refractivity contribution in [3.63, 3.8) is 0 Å². The number of rotatable bonds is 5. The lowest BCUT2D eigenvalue weighted by Crippen LogP contribution is -2.52. The number of likely N-dealkylation sites (N-methyl/N-ethyl adjacent to an activating group) is 1. The molecule has 1 aliphatic rings. The Labute approximate surface area is 145 Å². The summed E-state index contributed by atoms with van der Waals surface area (Å²) in [6.07, 6.45) is 0. The maximum Gasteiger partial charge on any atom is 0.361 e. The van der Waals surface area contributed by atoms with Crippen LogP contribution in [-0.2, 0) is 14.4 Å². The normalized spacial score (nSPS) is 20.0. The minimum absolute atomic E-state index is 0.243. The lowest BCUT2D eigenvalue weighted by atomic mass is 9.88. The van der Waals surface area contributed by atoms with Crippen LogP contribution in [0, 0.1) is 11.7 Å². The Morgan fingerprint density at radius 3 is 2.28 bits per heavy atom. The SMILES string of the molecule is CC1C(=O)N(OC(=O)C(C)(Nc2ccc(F)cc2)C(C)C)C(=O)N1C. The number of urea groups is 1. The van der Waals surface area contributed by atoms with E-state index < -0.39 is 35.3 Å². The van der Waals surface area contributed by atoms with E-state index in [4.69, 9.17) is 4.84 Å². The summed E-state index contributed by atoms with van der Waals surface area (Å²) in [6, 6.07) is 4.11. The van der Waals surface area contributed by atoms with Gasteiger partial charge in [-0.1, -0.05) is 18.9 Å². The summed E-state index contributed by atoms with van der Waals surface area (Å²) in [4.78, 5) is 43.1. The van der Waals surface area contributed by atoms with Crippen molar-refractivity contribution in [2.75, 3.05) is 12.4 Å². The van der Waals surface area contributed by atoms with Gasteiger partial charge in [0.15, 0.2) is 0 Å². The number of nitrogens with zero attached hydrogens (tertiary/aromatic N) is 2. The summed E-state index contributed by atoms with van der Waals surface area (Å²) in [7, 11) is 1.46. The summed E-state index contributed by atoms with van der Waals surface area (Å²) in [5.74, 6) is -2.03. The van der Waals surface area contributed by atoms with Gasteiger partial charge in [0, 0.05) is 12.7 Å². The summed E-state index contributed by atoms with van der Waals surface area (Å²) in [6.45, 7) is 6.73. The number of hydrogen-bond acceptors (Lipinski definition) is 5. The number of hydroxylamine groups is 2. The number of carbonyl (C=O) groups is 3. The first kappa shape index (κ1) is 18.7. The average molecular weight is 351 g/mol. The molecule has 0 aliphatic carbocycles. The van der Waals surface area contributed by atoms with Crippen LogP contribution in [0.3, 0.4) is 0 Å². The van der Waals surface area contributed by atoms with Gasteiger partial charge in [-0.05, 0) is 44.0 Å². The van der Waals surface area contributed by atoms with E-state index in [1.807, 2.05) is 0 Å². The van der Waals surface area contributed by atoms with Crippen molar-refractivity contribution >= 4 is 23.6 Å². The van der Waals surface area contributed by atoms with Gasteiger partial charge in [0.25, 0.3) is 5.91 Å². The minimum atomic E-state index is -1.23. The van der Waals surface area contributed by atoms with Crippen molar-refractivity contribution in [2.45, 2.75) is 39.3 Å². The lowest BCUT2D eigenvalue weighted by Gasteiger charge is -2.33. The molecule has 8 heteroatoms. The second-order valence-corrected chi connectivity index (χ2v) is 6.57. The Bertz CT molecular complexity index is 672.